The third-order valence-electron chi connectivity index (χ3n) is 7.21. The summed E-state index contributed by atoms with van der Waals surface area (Å²) in [4.78, 5) is 44.1. The Kier molecular flexibility index (Phi) is 7.00. The lowest BCUT2D eigenvalue weighted by atomic mass is 9.78. The number of aliphatic hydroxyl groups excluding tert-OH is 1. The second-order valence-electron chi connectivity index (χ2n) is 9.22. The zero-order valence-corrected chi connectivity index (χ0v) is 19.8. The van der Waals surface area contributed by atoms with Crippen LogP contribution >= 0.6 is 11.8 Å². The number of rotatable bonds is 5. The maximum absolute atomic E-state index is 13.9. The number of carbonyl (C=O) groups excluding carboxylic acids is 3. The van der Waals surface area contributed by atoms with Crippen LogP contribution < -0.4 is 0 Å². The van der Waals surface area contributed by atoms with Gasteiger partial charge in [0, 0.05) is 24.4 Å². The summed E-state index contributed by atoms with van der Waals surface area (Å²) in [5.41, 5.74) is 0. The van der Waals surface area contributed by atoms with Crippen LogP contribution in [0.15, 0.2) is 24.3 Å². The smallest absolute Gasteiger partial charge is 0.311 e. The Bertz CT molecular complexity index is 814. The molecule has 176 valence electrons. The van der Waals surface area contributed by atoms with Gasteiger partial charge >= 0.3 is 5.97 Å². The molecule has 2 unspecified atom stereocenters. The number of cyclic esters (lactones) is 1. The van der Waals surface area contributed by atoms with Crippen LogP contribution in [0.1, 0.15) is 46.0 Å². The first-order chi connectivity index (χ1) is 15.5. The zero-order chi connectivity index (χ0) is 22.9. The van der Waals surface area contributed by atoms with Crippen molar-refractivity contribution in [2.75, 3.05) is 26.3 Å². The first-order valence-corrected chi connectivity index (χ1v) is 12.7. The van der Waals surface area contributed by atoms with Crippen LogP contribution in [0.2, 0.25) is 0 Å². The van der Waals surface area contributed by atoms with Crippen molar-refractivity contribution in [1.82, 2.24) is 9.80 Å². The van der Waals surface area contributed by atoms with E-state index in [4.69, 9.17) is 4.74 Å². The molecule has 1 N–H and O–H groups in total. The van der Waals surface area contributed by atoms with Gasteiger partial charge < -0.3 is 19.6 Å². The summed E-state index contributed by atoms with van der Waals surface area (Å²) in [5.74, 6) is -1.98. The highest BCUT2D eigenvalue weighted by Crippen LogP contribution is 2.60. The molecule has 0 bridgehead atoms. The Labute approximate surface area is 194 Å². The second kappa shape index (κ2) is 9.59. The van der Waals surface area contributed by atoms with Gasteiger partial charge in [0.25, 0.3) is 0 Å². The lowest BCUT2D eigenvalue weighted by Gasteiger charge is -2.37. The van der Waals surface area contributed by atoms with Gasteiger partial charge in [-0.25, -0.2) is 0 Å². The van der Waals surface area contributed by atoms with E-state index in [0.717, 1.165) is 32.1 Å². The average molecular weight is 463 g/mol. The van der Waals surface area contributed by atoms with Gasteiger partial charge in [-0.05, 0) is 32.6 Å². The van der Waals surface area contributed by atoms with E-state index in [9.17, 15) is 19.5 Å². The first kappa shape index (κ1) is 23.4. The molecule has 0 aliphatic carbocycles. The summed E-state index contributed by atoms with van der Waals surface area (Å²) in [6, 6.07) is -0.677. The number of nitrogens with zero attached hydrogens (tertiary/aromatic N) is 2. The van der Waals surface area contributed by atoms with Crippen molar-refractivity contribution in [3.63, 3.8) is 0 Å². The largest absolute Gasteiger partial charge is 0.465 e. The second-order valence-corrected chi connectivity index (χ2v) is 10.7. The number of aliphatic hydroxyl groups is 1. The van der Waals surface area contributed by atoms with Crippen molar-refractivity contribution < 1.29 is 24.2 Å². The molecule has 0 radical (unpaired) electrons. The molecule has 6 atom stereocenters. The third kappa shape index (κ3) is 3.79. The van der Waals surface area contributed by atoms with Crippen molar-refractivity contribution in [3.8, 4) is 0 Å². The maximum Gasteiger partial charge on any atom is 0.311 e. The van der Waals surface area contributed by atoms with E-state index >= 15 is 0 Å². The minimum atomic E-state index is -0.837. The molecule has 32 heavy (non-hydrogen) atoms. The Morgan fingerprint density at radius 1 is 1.25 bits per heavy atom. The lowest BCUT2D eigenvalue weighted by Crippen LogP contribution is -2.55. The van der Waals surface area contributed by atoms with Crippen LogP contribution in [-0.4, -0.2) is 81.1 Å². The molecule has 2 saturated heterocycles. The van der Waals surface area contributed by atoms with E-state index < -0.39 is 22.6 Å². The number of β-amino-alcohol motifs (C(OH)–C–C–N with tert-alkyl or cyclic N) is 1. The van der Waals surface area contributed by atoms with Gasteiger partial charge in [-0.3, -0.25) is 14.4 Å². The van der Waals surface area contributed by atoms with Gasteiger partial charge in [0.2, 0.25) is 11.8 Å². The van der Waals surface area contributed by atoms with Crippen molar-refractivity contribution in [2.24, 2.45) is 11.8 Å². The quantitative estimate of drug-likeness (QED) is 0.498. The van der Waals surface area contributed by atoms with Gasteiger partial charge in [-0.15, -0.1) is 11.8 Å². The van der Waals surface area contributed by atoms with E-state index in [0.29, 0.717) is 13.2 Å². The number of hydrogen-bond donors (Lipinski definition) is 1. The highest BCUT2D eigenvalue weighted by atomic mass is 32.2. The van der Waals surface area contributed by atoms with E-state index in [1.807, 2.05) is 30.1 Å². The number of ether oxygens (including phenoxy) is 1. The summed E-state index contributed by atoms with van der Waals surface area (Å²) in [7, 11) is 0. The van der Waals surface area contributed by atoms with E-state index in [1.165, 1.54) is 4.90 Å². The molecular formula is C24H34N2O5S. The highest BCUT2D eigenvalue weighted by molar-refractivity contribution is 8.02. The minimum absolute atomic E-state index is 0.0504. The molecule has 4 aliphatic rings. The maximum atomic E-state index is 13.9. The molecule has 4 rings (SSSR count). The molecule has 0 aromatic carbocycles. The van der Waals surface area contributed by atoms with Gasteiger partial charge in [-0.1, -0.05) is 37.6 Å². The number of allylic oxidation sites excluding steroid dienone is 1. The fraction of sp³-hybridized carbons (Fsp3) is 0.708. The lowest BCUT2D eigenvalue weighted by molar-refractivity contribution is -0.153. The monoisotopic (exact) mass is 462 g/mol. The van der Waals surface area contributed by atoms with Gasteiger partial charge in [-0.2, -0.15) is 0 Å². The van der Waals surface area contributed by atoms with Crippen molar-refractivity contribution in [2.45, 2.75) is 68.0 Å². The molecule has 0 aromatic heterocycles. The summed E-state index contributed by atoms with van der Waals surface area (Å²) >= 11 is 1.55. The van der Waals surface area contributed by atoms with Crippen LogP contribution in [0.4, 0.5) is 0 Å². The molecule has 4 heterocycles. The van der Waals surface area contributed by atoms with Crippen LogP contribution in [-0.2, 0) is 19.1 Å². The van der Waals surface area contributed by atoms with Crippen LogP contribution in [0.5, 0.6) is 0 Å². The zero-order valence-electron chi connectivity index (χ0n) is 18.9. The molecule has 8 heteroatoms. The minimum Gasteiger partial charge on any atom is -0.465 e. The fourth-order valence-corrected chi connectivity index (χ4v) is 7.75. The van der Waals surface area contributed by atoms with Crippen LogP contribution in [0.25, 0.3) is 0 Å². The SMILES string of the molecule is CCCC(C)N1CC=C[C@]23S[C@@H]4/C=C\CCCCOC(=O)[C@@H]4[C@H]2C(=O)N(CCO)C3C1=O. The molecule has 1 spiro atoms. The molecule has 2 amide bonds. The predicted molar refractivity (Wildman–Crippen MR) is 123 cm³/mol. The summed E-state index contributed by atoms with van der Waals surface area (Å²) < 4.78 is 4.75. The van der Waals surface area contributed by atoms with Gasteiger partial charge in [0.05, 0.1) is 29.8 Å². The van der Waals surface area contributed by atoms with E-state index in [-0.39, 0.29) is 42.2 Å². The van der Waals surface area contributed by atoms with E-state index in [1.54, 1.807) is 11.8 Å². The number of esters is 1. The molecule has 0 saturated carbocycles. The van der Waals surface area contributed by atoms with E-state index in [2.05, 4.69) is 13.0 Å². The number of carbonyl (C=O) groups is 3. The number of fused-ring (bicyclic) bond motifs is 2. The molecule has 7 nitrogen and oxygen atoms in total. The average Bonchev–Trinajstić information content (AvgIpc) is 3.14. The molecule has 0 aromatic rings. The van der Waals surface area contributed by atoms with Crippen molar-refractivity contribution in [3.05, 3.63) is 24.3 Å². The van der Waals surface area contributed by atoms with Crippen LogP contribution in [0, 0.1) is 11.8 Å². The van der Waals surface area contributed by atoms with Crippen molar-refractivity contribution >= 4 is 29.5 Å². The summed E-state index contributed by atoms with van der Waals surface area (Å²) in [6.07, 6.45) is 12.6. The number of likely N-dealkylation sites (tertiary alicyclic amines) is 1. The number of thioether (sulfide) groups is 1. The van der Waals surface area contributed by atoms with Crippen molar-refractivity contribution in [1.29, 1.82) is 0 Å². The standard InChI is InChI=1S/C24H34N2O5S/c1-3-9-16(2)25-12-8-11-24-19(21(28)26(13-14-27)20(24)22(25)29)18-17(32-24)10-6-4-5-7-15-31-23(18)30/h6,8,10-11,16-20,27H,3-5,7,9,12-15H2,1-2H3/b10-6-/t16?,17-,18+,19+,20?,24+/m1/s1. The molecule has 4 aliphatic heterocycles. The Hall–Kier alpha value is -1.80. The van der Waals surface area contributed by atoms with Crippen LogP contribution in [0.3, 0.4) is 0 Å². The van der Waals surface area contributed by atoms with Gasteiger partial charge in [0.15, 0.2) is 0 Å². The number of amides is 2. The summed E-state index contributed by atoms with van der Waals surface area (Å²) in [5, 5.41) is 9.48. The topological polar surface area (TPSA) is 87.2 Å². The Morgan fingerprint density at radius 2 is 2.06 bits per heavy atom. The first-order valence-electron chi connectivity index (χ1n) is 11.9. The molecular weight excluding hydrogens is 428 g/mol. The normalized spacial score (nSPS) is 36.8. The predicted octanol–water partition coefficient (Wildman–Crippen LogP) is 2.15. The Balaban J connectivity index is 1.78. The fourth-order valence-electron chi connectivity index (χ4n) is 5.75. The highest BCUT2D eigenvalue weighted by Gasteiger charge is 2.70. The summed E-state index contributed by atoms with van der Waals surface area (Å²) in [6.45, 7) is 4.84. The third-order valence-corrected chi connectivity index (χ3v) is 8.96. The number of hydrogen-bond acceptors (Lipinski definition) is 6. The Morgan fingerprint density at radius 3 is 2.81 bits per heavy atom. The van der Waals surface area contributed by atoms with Gasteiger partial charge in [0.1, 0.15) is 6.04 Å². The molecule has 2 fully saturated rings.